The molecule has 6 rings (SSSR count). The third-order valence-electron chi connectivity index (χ3n) is 8.20. The Morgan fingerprint density at radius 1 is 0.975 bits per heavy atom. The molecule has 1 aromatic heterocycles. The number of aromatic amines is 2. The average Bonchev–Trinajstić information content (AvgIpc) is 2.94. The maximum absolute atomic E-state index is 14.3. The highest BCUT2D eigenvalue weighted by molar-refractivity contribution is 5.86. The van der Waals surface area contributed by atoms with E-state index in [9.17, 15) is 13.2 Å². The van der Waals surface area contributed by atoms with E-state index in [-0.39, 0.29) is 23.6 Å². The molecule has 0 saturated carbocycles. The molecule has 5 aromatic rings. The molecule has 8 heteroatoms. The molecule has 206 valence electrons. The molecule has 0 bridgehead atoms. The number of nitrogens with one attached hydrogen (secondary N) is 3. The number of alkyl halides is 3. The van der Waals surface area contributed by atoms with E-state index in [0.29, 0.717) is 31.0 Å². The van der Waals surface area contributed by atoms with Crippen LogP contribution in [-0.2, 0) is 6.18 Å². The van der Waals surface area contributed by atoms with Crippen LogP contribution in [0.4, 0.5) is 18.9 Å². The molecule has 0 spiro atoms. The van der Waals surface area contributed by atoms with Gasteiger partial charge in [-0.3, -0.25) is 5.10 Å². The number of nitrogens with zero attached hydrogens (tertiary/aromatic N) is 2. The van der Waals surface area contributed by atoms with E-state index in [4.69, 9.17) is 0 Å². The van der Waals surface area contributed by atoms with Gasteiger partial charge < -0.3 is 10.2 Å². The van der Waals surface area contributed by atoms with Crippen LogP contribution >= 0.6 is 0 Å². The predicted molar refractivity (Wildman–Crippen MR) is 153 cm³/mol. The van der Waals surface area contributed by atoms with E-state index in [1.807, 2.05) is 29.2 Å². The molecule has 3 N–H and O–H groups in total. The SMILES string of the molecule is C[C@@H](NCC1CN(c2ccc(-c3n[nH][nH]3)cc2C(F)(F)F)CCC1c1ccccc1)c1cccc2ccccc12. The van der Waals surface area contributed by atoms with Gasteiger partial charge in [0.1, 0.15) is 0 Å². The Morgan fingerprint density at radius 2 is 1.73 bits per heavy atom. The second-order valence-corrected chi connectivity index (χ2v) is 10.6. The molecule has 0 amide bonds. The standard InChI is InChI=1S/C32H32F3N5/c1-21(26-13-7-11-23-10-5-6-12-28(23)26)36-19-25-20-40(17-16-27(25)22-8-3-2-4-9-22)30-15-14-24(31-37-39-38-31)18-29(30)32(33,34)35/h2-15,18,21,25,27,36,39H,16-17,19-20H2,1H3,(H,37,38)/t21-,25?,27?/m1/s1. The summed E-state index contributed by atoms with van der Waals surface area (Å²) in [7, 11) is 0. The monoisotopic (exact) mass is 543 g/mol. The first-order valence-electron chi connectivity index (χ1n) is 13.7. The highest BCUT2D eigenvalue weighted by atomic mass is 19.4. The molecule has 4 aromatic carbocycles. The van der Waals surface area contributed by atoms with Crippen molar-refractivity contribution in [2.45, 2.75) is 31.5 Å². The highest BCUT2D eigenvalue weighted by Gasteiger charge is 2.38. The topological polar surface area (TPSA) is 59.7 Å². The number of hydrogen-bond acceptors (Lipinski definition) is 3. The van der Waals surface area contributed by atoms with Crippen LogP contribution in [0.1, 0.15) is 42.0 Å². The lowest BCUT2D eigenvalue weighted by atomic mass is 9.80. The van der Waals surface area contributed by atoms with Gasteiger partial charge in [0.25, 0.3) is 0 Å². The van der Waals surface area contributed by atoms with Crippen LogP contribution < -0.4 is 10.2 Å². The van der Waals surface area contributed by atoms with Crippen molar-refractivity contribution < 1.29 is 13.2 Å². The third-order valence-corrected chi connectivity index (χ3v) is 8.20. The molecule has 1 fully saturated rings. The zero-order valence-corrected chi connectivity index (χ0v) is 22.2. The second kappa shape index (κ2) is 10.8. The first kappa shape index (κ1) is 26.2. The van der Waals surface area contributed by atoms with Crippen molar-refractivity contribution in [3.05, 3.63) is 108 Å². The molecule has 1 saturated heterocycles. The summed E-state index contributed by atoms with van der Waals surface area (Å²) in [6.07, 6.45) is -3.70. The average molecular weight is 544 g/mol. The van der Waals surface area contributed by atoms with Gasteiger partial charge in [0, 0.05) is 36.9 Å². The number of anilines is 1. The minimum atomic E-state index is -4.48. The van der Waals surface area contributed by atoms with E-state index in [0.717, 1.165) is 6.42 Å². The van der Waals surface area contributed by atoms with Crippen molar-refractivity contribution in [1.29, 1.82) is 0 Å². The Labute approximate surface area is 231 Å². The summed E-state index contributed by atoms with van der Waals surface area (Å²) in [6, 6.07) is 29.6. The lowest BCUT2D eigenvalue weighted by molar-refractivity contribution is -0.137. The van der Waals surface area contributed by atoms with Crippen LogP contribution in [0.3, 0.4) is 0 Å². The summed E-state index contributed by atoms with van der Waals surface area (Å²) in [5, 5.41) is 15.3. The Hall–Kier alpha value is -4.04. The fourth-order valence-corrected chi connectivity index (χ4v) is 6.10. The van der Waals surface area contributed by atoms with Crippen molar-refractivity contribution >= 4 is 16.5 Å². The first-order chi connectivity index (χ1) is 19.4. The Bertz CT molecular complexity index is 1560. The van der Waals surface area contributed by atoms with Gasteiger partial charge in [-0.15, -0.1) is 5.10 Å². The second-order valence-electron chi connectivity index (χ2n) is 10.6. The maximum atomic E-state index is 14.3. The van der Waals surface area contributed by atoms with Gasteiger partial charge >= 0.3 is 6.18 Å². The van der Waals surface area contributed by atoms with Crippen LogP contribution in [0, 0.1) is 5.92 Å². The van der Waals surface area contributed by atoms with Gasteiger partial charge in [0.05, 0.1) is 5.56 Å². The minimum Gasteiger partial charge on any atom is -0.371 e. The lowest BCUT2D eigenvalue weighted by Gasteiger charge is -2.41. The highest BCUT2D eigenvalue weighted by Crippen LogP contribution is 2.42. The van der Waals surface area contributed by atoms with Crippen LogP contribution in [-0.4, -0.2) is 35.0 Å². The lowest BCUT2D eigenvalue weighted by Crippen LogP contribution is -2.44. The molecule has 2 heterocycles. The molecule has 0 radical (unpaired) electrons. The minimum absolute atomic E-state index is 0.0901. The summed E-state index contributed by atoms with van der Waals surface area (Å²) in [6.45, 7) is 3.93. The van der Waals surface area contributed by atoms with Gasteiger partial charge in [-0.25, -0.2) is 5.21 Å². The van der Waals surface area contributed by atoms with Gasteiger partial charge in [-0.05, 0) is 65.3 Å². The molecule has 40 heavy (non-hydrogen) atoms. The van der Waals surface area contributed by atoms with Gasteiger partial charge in [-0.2, -0.15) is 13.2 Å². The van der Waals surface area contributed by atoms with Gasteiger partial charge in [0.15, 0.2) is 5.82 Å². The quantitative estimate of drug-likeness (QED) is 0.199. The van der Waals surface area contributed by atoms with Crippen molar-refractivity contribution in [2.75, 3.05) is 24.5 Å². The van der Waals surface area contributed by atoms with Crippen LogP contribution in [0.5, 0.6) is 0 Å². The predicted octanol–water partition coefficient (Wildman–Crippen LogP) is 7.54. The number of piperidine rings is 1. The molecule has 5 nitrogen and oxygen atoms in total. The zero-order chi connectivity index (χ0) is 27.7. The summed E-state index contributed by atoms with van der Waals surface area (Å²) >= 11 is 0. The number of hydrogen-bond donors (Lipinski definition) is 3. The zero-order valence-electron chi connectivity index (χ0n) is 22.2. The Morgan fingerprint density at radius 3 is 2.48 bits per heavy atom. The maximum Gasteiger partial charge on any atom is 0.418 e. The first-order valence-corrected chi connectivity index (χ1v) is 13.7. The van der Waals surface area contributed by atoms with Crippen molar-refractivity contribution in [3.8, 4) is 11.4 Å². The molecule has 3 atom stereocenters. The number of fused-ring (bicyclic) bond motifs is 1. The molecule has 0 aliphatic carbocycles. The summed E-state index contributed by atoms with van der Waals surface area (Å²) in [4.78, 5) is 1.91. The summed E-state index contributed by atoms with van der Waals surface area (Å²) < 4.78 is 42.8. The molecular formula is C32H32F3N5. The Balaban J connectivity index is 1.28. The summed E-state index contributed by atoms with van der Waals surface area (Å²) in [5.74, 6) is 0.776. The largest absolute Gasteiger partial charge is 0.418 e. The third kappa shape index (κ3) is 5.23. The molecule has 1 aliphatic rings. The van der Waals surface area contributed by atoms with Gasteiger partial charge in [0.2, 0.25) is 0 Å². The van der Waals surface area contributed by atoms with E-state index in [1.54, 1.807) is 12.1 Å². The summed E-state index contributed by atoms with van der Waals surface area (Å²) in [5.41, 5.74) is 2.47. The van der Waals surface area contributed by atoms with Crippen LogP contribution in [0.15, 0.2) is 91.0 Å². The van der Waals surface area contributed by atoms with Crippen molar-refractivity contribution in [1.82, 2.24) is 20.7 Å². The van der Waals surface area contributed by atoms with E-state index in [1.165, 1.54) is 28.0 Å². The van der Waals surface area contributed by atoms with Crippen molar-refractivity contribution in [3.63, 3.8) is 0 Å². The fraction of sp³-hybridized carbons (Fsp3) is 0.281. The number of halogens is 3. The fourth-order valence-electron chi connectivity index (χ4n) is 6.10. The van der Waals surface area contributed by atoms with E-state index >= 15 is 0 Å². The molecule has 1 aliphatic heterocycles. The van der Waals surface area contributed by atoms with E-state index < -0.39 is 11.7 Å². The molecular weight excluding hydrogens is 511 g/mol. The number of aromatic nitrogens is 3. The normalized spacial score (nSPS) is 18.8. The smallest absolute Gasteiger partial charge is 0.371 e. The Kier molecular flexibility index (Phi) is 7.11. The number of H-pyrrole nitrogens is 2. The van der Waals surface area contributed by atoms with Crippen LogP contribution in [0.2, 0.25) is 0 Å². The van der Waals surface area contributed by atoms with E-state index in [2.05, 4.69) is 76.2 Å². The number of rotatable bonds is 7. The van der Waals surface area contributed by atoms with Crippen molar-refractivity contribution in [2.24, 2.45) is 5.92 Å². The van der Waals surface area contributed by atoms with Crippen LogP contribution in [0.25, 0.3) is 22.2 Å². The van der Waals surface area contributed by atoms with Gasteiger partial charge in [-0.1, -0.05) is 72.8 Å². The molecule has 2 unspecified atom stereocenters. The number of benzene rings is 4.